The number of unbranched alkanes of at least 4 members (excludes halogenated alkanes) is 2. The number of nitro groups is 1. The molecule has 0 aliphatic carbocycles. The molecule has 1 heterocycles. The maximum Gasteiger partial charge on any atom is 0.270 e. The third kappa shape index (κ3) is 4.20. The first kappa shape index (κ1) is 18.6. The summed E-state index contributed by atoms with van der Waals surface area (Å²) in [4.78, 5) is 47.7. The summed E-state index contributed by atoms with van der Waals surface area (Å²) in [7, 11) is 0. The number of hydrogen-bond donors (Lipinski definition) is 1. The summed E-state index contributed by atoms with van der Waals surface area (Å²) in [5.41, 5.74) is -0.224. The van der Waals surface area contributed by atoms with Crippen LogP contribution in [0, 0.1) is 10.1 Å². The molecule has 0 spiro atoms. The normalized spacial score (nSPS) is 14.4. The minimum absolute atomic E-state index is 0.0389. The van der Waals surface area contributed by atoms with Crippen LogP contribution in [0.1, 0.15) is 60.2 Å². The number of fused-ring (bicyclic) bond motifs is 1. The van der Waals surface area contributed by atoms with E-state index in [9.17, 15) is 24.5 Å². The predicted molar refractivity (Wildman–Crippen MR) is 90.2 cm³/mol. The van der Waals surface area contributed by atoms with Crippen molar-refractivity contribution in [2.75, 3.05) is 6.54 Å². The molecule has 1 N–H and O–H groups in total. The van der Waals surface area contributed by atoms with E-state index in [1.807, 2.05) is 6.92 Å². The minimum Gasteiger partial charge on any atom is -0.352 e. The van der Waals surface area contributed by atoms with Crippen LogP contribution < -0.4 is 5.32 Å². The van der Waals surface area contributed by atoms with Crippen LogP contribution in [-0.4, -0.2) is 40.1 Å². The Morgan fingerprint density at radius 3 is 2.56 bits per heavy atom. The smallest absolute Gasteiger partial charge is 0.270 e. The summed E-state index contributed by atoms with van der Waals surface area (Å²) in [5, 5.41) is 13.6. The van der Waals surface area contributed by atoms with Crippen LogP contribution in [-0.2, 0) is 4.79 Å². The topological polar surface area (TPSA) is 110 Å². The van der Waals surface area contributed by atoms with Gasteiger partial charge < -0.3 is 5.32 Å². The molecular weight excluding hydrogens is 326 g/mol. The molecule has 0 radical (unpaired) electrons. The van der Waals surface area contributed by atoms with Crippen molar-refractivity contribution in [3.05, 3.63) is 39.4 Å². The van der Waals surface area contributed by atoms with Crippen molar-refractivity contribution in [2.24, 2.45) is 0 Å². The zero-order valence-corrected chi connectivity index (χ0v) is 14.3. The zero-order chi connectivity index (χ0) is 18.6. The van der Waals surface area contributed by atoms with Gasteiger partial charge in [-0.1, -0.05) is 26.2 Å². The Balaban J connectivity index is 2.01. The number of carbonyl (C=O) groups excluding carboxylic acids is 3. The molecule has 3 amide bonds. The van der Waals surface area contributed by atoms with Gasteiger partial charge in [0.25, 0.3) is 17.5 Å². The van der Waals surface area contributed by atoms with Gasteiger partial charge in [0, 0.05) is 18.2 Å². The fourth-order valence-electron chi connectivity index (χ4n) is 2.77. The van der Waals surface area contributed by atoms with Crippen LogP contribution in [0.5, 0.6) is 0 Å². The molecule has 1 aliphatic rings. The number of imide groups is 1. The summed E-state index contributed by atoms with van der Waals surface area (Å²) in [5.74, 6) is -1.71. The number of non-ortho nitro benzene ring substituents is 1. The van der Waals surface area contributed by atoms with Crippen molar-refractivity contribution >= 4 is 23.4 Å². The highest BCUT2D eigenvalue weighted by Crippen LogP contribution is 2.26. The molecule has 8 nitrogen and oxygen atoms in total. The van der Waals surface area contributed by atoms with Gasteiger partial charge >= 0.3 is 0 Å². The third-order valence-corrected chi connectivity index (χ3v) is 4.11. The predicted octanol–water partition coefficient (Wildman–Crippen LogP) is 2.28. The van der Waals surface area contributed by atoms with Crippen LogP contribution in [0.15, 0.2) is 18.2 Å². The lowest BCUT2D eigenvalue weighted by Crippen LogP contribution is -2.43. The average Bonchev–Trinajstić information content (AvgIpc) is 2.79. The van der Waals surface area contributed by atoms with Crippen molar-refractivity contribution in [1.29, 1.82) is 0 Å². The number of nitrogens with one attached hydrogen (secondary N) is 1. The van der Waals surface area contributed by atoms with Crippen molar-refractivity contribution in [1.82, 2.24) is 10.2 Å². The van der Waals surface area contributed by atoms with Gasteiger partial charge in [-0.15, -0.1) is 0 Å². The molecule has 134 valence electrons. The Kier molecular flexibility index (Phi) is 5.84. The van der Waals surface area contributed by atoms with E-state index in [1.54, 1.807) is 0 Å². The number of nitro benzene ring substituents is 1. The molecule has 1 aromatic rings. The Morgan fingerprint density at radius 1 is 1.24 bits per heavy atom. The zero-order valence-electron chi connectivity index (χ0n) is 14.3. The Bertz CT molecular complexity index is 716. The Labute approximate surface area is 145 Å². The van der Waals surface area contributed by atoms with Gasteiger partial charge in [-0.3, -0.25) is 29.4 Å². The highest BCUT2D eigenvalue weighted by atomic mass is 16.6. The van der Waals surface area contributed by atoms with Crippen LogP contribution in [0.2, 0.25) is 0 Å². The third-order valence-electron chi connectivity index (χ3n) is 4.11. The van der Waals surface area contributed by atoms with Gasteiger partial charge in [0.2, 0.25) is 5.91 Å². The second-order valence-electron chi connectivity index (χ2n) is 6.15. The van der Waals surface area contributed by atoms with Crippen LogP contribution >= 0.6 is 0 Å². The first-order chi connectivity index (χ1) is 11.8. The summed E-state index contributed by atoms with van der Waals surface area (Å²) in [6.45, 7) is 3.58. The van der Waals surface area contributed by atoms with Crippen LogP contribution in [0.4, 0.5) is 5.69 Å². The van der Waals surface area contributed by atoms with Gasteiger partial charge in [-0.2, -0.15) is 0 Å². The molecule has 1 atom stereocenters. The average molecular weight is 347 g/mol. The van der Waals surface area contributed by atoms with Crippen molar-refractivity contribution in [3.63, 3.8) is 0 Å². The van der Waals surface area contributed by atoms with Crippen molar-refractivity contribution in [2.45, 2.75) is 45.6 Å². The number of hydrogen-bond acceptors (Lipinski definition) is 5. The van der Waals surface area contributed by atoms with E-state index in [0.29, 0.717) is 0 Å². The SMILES string of the molecule is CCCCCC(C)NC(=O)CN1C(=O)c2ccc([N+](=O)[O-])cc2C1=O. The maximum atomic E-state index is 12.3. The van der Waals surface area contributed by atoms with Crippen molar-refractivity contribution in [3.8, 4) is 0 Å². The highest BCUT2D eigenvalue weighted by Gasteiger charge is 2.37. The molecule has 0 bridgehead atoms. The Morgan fingerprint density at radius 2 is 1.92 bits per heavy atom. The number of benzene rings is 1. The fourth-order valence-corrected chi connectivity index (χ4v) is 2.77. The van der Waals surface area contributed by atoms with E-state index in [0.717, 1.165) is 36.6 Å². The van der Waals surface area contributed by atoms with E-state index in [2.05, 4.69) is 12.2 Å². The van der Waals surface area contributed by atoms with Crippen LogP contribution in [0.25, 0.3) is 0 Å². The highest BCUT2D eigenvalue weighted by molar-refractivity contribution is 6.22. The second kappa shape index (κ2) is 7.87. The molecular formula is C17H21N3O5. The molecule has 0 saturated carbocycles. The number of nitrogens with zero attached hydrogens (tertiary/aromatic N) is 2. The number of amides is 3. The Hall–Kier alpha value is -2.77. The molecule has 1 unspecified atom stereocenters. The van der Waals surface area contributed by atoms with Gasteiger partial charge in [-0.25, -0.2) is 0 Å². The molecule has 0 fully saturated rings. The van der Waals surface area contributed by atoms with E-state index in [1.165, 1.54) is 12.1 Å². The van der Waals surface area contributed by atoms with Crippen molar-refractivity contribution < 1.29 is 19.3 Å². The number of rotatable bonds is 8. The molecule has 0 aromatic heterocycles. The van der Waals surface area contributed by atoms with E-state index >= 15 is 0 Å². The van der Waals surface area contributed by atoms with Gasteiger partial charge in [0.15, 0.2) is 0 Å². The minimum atomic E-state index is -0.683. The first-order valence-corrected chi connectivity index (χ1v) is 8.29. The lowest BCUT2D eigenvalue weighted by Gasteiger charge is -2.17. The lowest BCUT2D eigenvalue weighted by atomic mass is 10.1. The van der Waals surface area contributed by atoms with Crippen LogP contribution in [0.3, 0.4) is 0 Å². The molecule has 8 heteroatoms. The monoisotopic (exact) mass is 347 g/mol. The molecule has 0 saturated heterocycles. The van der Waals surface area contributed by atoms with E-state index in [4.69, 9.17) is 0 Å². The maximum absolute atomic E-state index is 12.3. The summed E-state index contributed by atoms with van der Waals surface area (Å²) >= 11 is 0. The number of carbonyl (C=O) groups is 3. The van der Waals surface area contributed by atoms with Gasteiger partial charge in [-0.05, 0) is 19.4 Å². The largest absolute Gasteiger partial charge is 0.352 e. The standard InChI is InChI=1S/C17H21N3O5/c1-3-4-5-6-11(2)18-15(21)10-19-16(22)13-8-7-12(20(24)25)9-14(13)17(19)23/h7-9,11H,3-6,10H2,1-2H3,(H,18,21). The lowest BCUT2D eigenvalue weighted by molar-refractivity contribution is -0.384. The second-order valence-corrected chi connectivity index (χ2v) is 6.15. The van der Waals surface area contributed by atoms with Gasteiger partial charge in [0.05, 0.1) is 16.1 Å². The summed E-state index contributed by atoms with van der Waals surface area (Å²) in [6.07, 6.45) is 3.99. The molecule has 25 heavy (non-hydrogen) atoms. The van der Waals surface area contributed by atoms with E-state index < -0.39 is 29.2 Å². The first-order valence-electron chi connectivity index (χ1n) is 8.29. The molecule has 2 rings (SSSR count). The summed E-state index contributed by atoms with van der Waals surface area (Å²) in [6, 6.07) is 3.44. The summed E-state index contributed by atoms with van der Waals surface area (Å²) < 4.78 is 0. The van der Waals surface area contributed by atoms with Gasteiger partial charge in [0.1, 0.15) is 6.54 Å². The fraction of sp³-hybridized carbons (Fsp3) is 0.471. The van der Waals surface area contributed by atoms with E-state index in [-0.39, 0.29) is 22.9 Å². The molecule has 1 aliphatic heterocycles. The molecule has 1 aromatic carbocycles. The quantitative estimate of drug-likeness (QED) is 0.336.